The second-order valence-corrected chi connectivity index (χ2v) is 3.65. The quantitative estimate of drug-likeness (QED) is 0.866. The molecule has 84 valence electrons. The molecule has 0 saturated heterocycles. The summed E-state index contributed by atoms with van der Waals surface area (Å²) in [6.07, 6.45) is 1.59. The van der Waals surface area contributed by atoms with Crippen molar-refractivity contribution in [2.24, 2.45) is 5.73 Å². The number of aryl methyl sites for hydroxylation is 1. The molecule has 2 aromatic rings. The van der Waals surface area contributed by atoms with Crippen molar-refractivity contribution in [2.45, 2.75) is 12.8 Å². The number of benzene rings is 1. The number of hydrogen-bond acceptors (Lipinski definition) is 2. The molecule has 0 atom stereocenters. The normalized spacial score (nSPS) is 10.9. The molecule has 0 spiro atoms. The van der Waals surface area contributed by atoms with Gasteiger partial charge in [0.05, 0.1) is 5.52 Å². The Kier molecular flexibility index (Phi) is 3.10. The maximum absolute atomic E-state index is 13.0. The van der Waals surface area contributed by atoms with Gasteiger partial charge in [-0.3, -0.25) is 4.98 Å². The SMILES string of the molecule is NCCCc1ccc2cc(F)c(F)cc2n1. The Morgan fingerprint density at radius 2 is 1.88 bits per heavy atom. The van der Waals surface area contributed by atoms with E-state index >= 15 is 0 Å². The van der Waals surface area contributed by atoms with Crippen LogP contribution in [0.1, 0.15) is 12.1 Å². The zero-order chi connectivity index (χ0) is 11.5. The van der Waals surface area contributed by atoms with Crippen LogP contribution in [0.3, 0.4) is 0 Å². The first-order chi connectivity index (χ1) is 7.70. The highest BCUT2D eigenvalue weighted by Crippen LogP contribution is 2.17. The highest BCUT2D eigenvalue weighted by molar-refractivity contribution is 5.78. The molecule has 0 unspecified atom stereocenters. The molecule has 4 heteroatoms. The van der Waals surface area contributed by atoms with Crippen LogP contribution in [0, 0.1) is 11.6 Å². The molecule has 0 saturated carbocycles. The molecule has 0 aliphatic carbocycles. The maximum Gasteiger partial charge on any atom is 0.161 e. The van der Waals surface area contributed by atoms with E-state index in [1.165, 1.54) is 0 Å². The van der Waals surface area contributed by atoms with Gasteiger partial charge in [0.2, 0.25) is 0 Å². The van der Waals surface area contributed by atoms with E-state index in [2.05, 4.69) is 4.98 Å². The Morgan fingerprint density at radius 3 is 2.62 bits per heavy atom. The molecule has 0 aliphatic rings. The number of rotatable bonds is 3. The van der Waals surface area contributed by atoms with Gasteiger partial charge in [0, 0.05) is 17.1 Å². The highest BCUT2D eigenvalue weighted by Gasteiger charge is 2.05. The van der Waals surface area contributed by atoms with E-state index in [1.807, 2.05) is 6.07 Å². The summed E-state index contributed by atoms with van der Waals surface area (Å²) in [5.74, 6) is -1.71. The monoisotopic (exact) mass is 222 g/mol. The Labute approximate surface area is 92.1 Å². The molecule has 2 nitrogen and oxygen atoms in total. The minimum Gasteiger partial charge on any atom is -0.330 e. The molecule has 1 heterocycles. The average Bonchev–Trinajstić information content (AvgIpc) is 2.28. The van der Waals surface area contributed by atoms with E-state index in [9.17, 15) is 8.78 Å². The first kappa shape index (κ1) is 11.0. The lowest BCUT2D eigenvalue weighted by molar-refractivity contribution is 0.510. The summed E-state index contributed by atoms with van der Waals surface area (Å²) >= 11 is 0. The standard InChI is InChI=1S/C12H12F2N2/c13-10-6-8-3-4-9(2-1-5-15)16-12(8)7-11(10)14/h3-4,6-7H,1-2,5,15H2. The van der Waals surface area contributed by atoms with E-state index in [-0.39, 0.29) is 0 Å². The second-order valence-electron chi connectivity index (χ2n) is 3.65. The Morgan fingerprint density at radius 1 is 1.12 bits per heavy atom. The second kappa shape index (κ2) is 4.53. The van der Waals surface area contributed by atoms with Crippen LogP contribution in [0.5, 0.6) is 0 Å². The molecule has 0 amide bonds. The smallest absolute Gasteiger partial charge is 0.161 e. The minimum atomic E-state index is -0.865. The molecule has 0 aliphatic heterocycles. The van der Waals surface area contributed by atoms with Crippen LogP contribution in [0.2, 0.25) is 0 Å². The topological polar surface area (TPSA) is 38.9 Å². The molecule has 1 aromatic heterocycles. The van der Waals surface area contributed by atoms with Crippen LogP contribution in [0.4, 0.5) is 8.78 Å². The van der Waals surface area contributed by atoms with E-state index < -0.39 is 11.6 Å². The Bertz CT molecular complexity index is 512. The first-order valence-corrected chi connectivity index (χ1v) is 5.15. The Balaban J connectivity index is 2.41. The van der Waals surface area contributed by atoms with Gasteiger partial charge in [0.25, 0.3) is 0 Å². The molecule has 16 heavy (non-hydrogen) atoms. The summed E-state index contributed by atoms with van der Waals surface area (Å²) < 4.78 is 25.9. The van der Waals surface area contributed by atoms with E-state index in [0.717, 1.165) is 30.7 Å². The van der Waals surface area contributed by atoms with Gasteiger partial charge >= 0.3 is 0 Å². The molecule has 2 N–H and O–H groups in total. The van der Waals surface area contributed by atoms with Gasteiger partial charge in [0.1, 0.15) is 0 Å². The van der Waals surface area contributed by atoms with Crippen LogP contribution in [-0.4, -0.2) is 11.5 Å². The number of nitrogens with two attached hydrogens (primary N) is 1. The zero-order valence-corrected chi connectivity index (χ0v) is 8.71. The van der Waals surface area contributed by atoms with E-state index in [0.29, 0.717) is 17.4 Å². The van der Waals surface area contributed by atoms with E-state index in [4.69, 9.17) is 5.73 Å². The summed E-state index contributed by atoms with van der Waals surface area (Å²) in [7, 11) is 0. The number of halogens is 2. The van der Waals surface area contributed by atoms with Crippen LogP contribution in [-0.2, 0) is 6.42 Å². The van der Waals surface area contributed by atoms with Crippen LogP contribution in [0.15, 0.2) is 24.3 Å². The average molecular weight is 222 g/mol. The van der Waals surface area contributed by atoms with Gasteiger partial charge in [-0.2, -0.15) is 0 Å². The number of aromatic nitrogens is 1. The fourth-order valence-corrected chi connectivity index (χ4v) is 1.58. The van der Waals surface area contributed by atoms with Gasteiger partial charge in [-0.05, 0) is 31.5 Å². The zero-order valence-electron chi connectivity index (χ0n) is 8.71. The van der Waals surface area contributed by atoms with Gasteiger partial charge in [-0.25, -0.2) is 8.78 Å². The van der Waals surface area contributed by atoms with Crippen LogP contribution >= 0.6 is 0 Å². The van der Waals surface area contributed by atoms with Crippen molar-refractivity contribution in [1.82, 2.24) is 4.98 Å². The third kappa shape index (κ3) is 2.17. The lowest BCUT2D eigenvalue weighted by atomic mass is 10.1. The summed E-state index contributed by atoms with van der Waals surface area (Å²) in [6.45, 7) is 0.595. The van der Waals surface area contributed by atoms with Crippen LogP contribution in [0.25, 0.3) is 10.9 Å². The summed E-state index contributed by atoms with van der Waals surface area (Å²) in [5.41, 5.74) is 6.73. The van der Waals surface area contributed by atoms with Gasteiger partial charge in [0.15, 0.2) is 11.6 Å². The predicted octanol–water partition coefficient (Wildman–Crippen LogP) is 2.40. The van der Waals surface area contributed by atoms with Gasteiger partial charge in [-0.15, -0.1) is 0 Å². The lowest BCUT2D eigenvalue weighted by Crippen LogP contribution is -2.01. The summed E-state index contributed by atoms with van der Waals surface area (Å²) in [6, 6.07) is 5.84. The molecular formula is C12H12F2N2. The molecule has 1 aromatic carbocycles. The fourth-order valence-electron chi connectivity index (χ4n) is 1.58. The van der Waals surface area contributed by atoms with Crippen molar-refractivity contribution < 1.29 is 8.78 Å². The fraction of sp³-hybridized carbons (Fsp3) is 0.250. The van der Waals surface area contributed by atoms with E-state index in [1.54, 1.807) is 6.07 Å². The number of hydrogen-bond donors (Lipinski definition) is 1. The third-order valence-electron chi connectivity index (χ3n) is 2.43. The van der Waals surface area contributed by atoms with Crippen molar-refractivity contribution >= 4 is 10.9 Å². The number of fused-ring (bicyclic) bond motifs is 1. The number of pyridine rings is 1. The van der Waals surface area contributed by atoms with Gasteiger partial charge in [-0.1, -0.05) is 6.07 Å². The maximum atomic E-state index is 13.0. The molecule has 0 bridgehead atoms. The third-order valence-corrected chi connectivity index (χ3v) is 2.43. The molecule has 0 fully saturated rings. The van der Waals surface area contributed by atoms with Crippen molar-refractivity contribution in [1.29, 1.82) is 0 Å². The van der Waals surface area contributed by atoms with Crippen LogP contribution < -0.4 is 5.73 Å². The summed E-state index contributed by atoms with van der Waals surface area (Å²) in [4.78, 5) is 4.25. The van der Waals surface area contributed by atoms with Gasteiger partial charge < -0.3 is 5.73 Å². The molecular weight excluding hydrogens is 210 g/mol. The summed E-state index contributed by atoms with van der Waals surface area (Å²) in [5, 5.41) is 0.607. The lowest BCUT2D eigenvalue weighted by Gasteiger charge is -2.03. The first-order valence-electron chi connectivity index (χ1n) is 5.15. The predicted molar refractivity (Wildman–Crippen MR) is 59.0 cm³/mol. The van der Waals surface area contributed by atoms with Crippen molar-refractivity contribution in [3.63, 3.8) is 0 Å². The molecule has 2 rings (SSSR count). The van der Waals surface area contributed by atoms with Crippen molar-refractivity contribution in [2.75, 3.05) is 6.54 Å². The molecule has 0 radical (unpaired) electrons. The number of nitrogens with zero attached hydrogens (tertiary/aromatic N) is 1. The minimum absolute atomic E-state index is 0.480. The van der Waals surface area contributed by atoms with Crippen molar-refractivity contribution in [3.05, 3.63) is 41.6 Å². The largest absolute Gasteiger partial charge is 0.330 e. The van der Waals surface area contributed by atoms with Crippen molar-refractivity contribution in [3.8, 4) is 0 Å². The Hall–Kier alpha value is -1.55. The highest BCUT2D eigenvalue weighted by atomic mass is 19.2.